The van der Waals surface area contributed by atoms with Crippen LogP contribution < -0.4 is 0 Å². The van der Waals surface area contributed by atoms with E-state index in [1.807, 2.05) is 0 Å². The van der Waals surface area contributed by atoms with Crippen LogP contribution in [0.5, 0.6) is 0 Å². The van der Waals surface area contributed by atoms with Gasteiger partial charge in [-0.15, -0.1) is 0 Å². The summed E-state index contributed by atoms with van der Waals surface area (Å²) in [4.78, 5) is 17.8. The standard InChI is InChI=1S/C16H17N3O4S/c20-16(6-5-14-3-2-12-23-14)18-8-10-19(11-9-18)24(21,22)15-4-1-7-17-13-15/h1-7,12-13H,8-11H2/b6-5+. The molecule has 1 aliphatic heterocycles. The molecule has 8 heteroatoms. The first-order chi connectivity index (χ1) is 11.6. The first-order valence-corrected chi connectivity index (χ1v) is 8.92. The third kappa shape index (κ3) is 3.55. The van der Waals surface area contributed by atoms with Gasteiger partial charge in [-0.3, -0.25) is 9.78 Å². The molecule has 0 saturated carbocycles. The van der Waals surface area contributed by atoms with Crippen molar-refractivity contribution in [3.05, 3.63) is 54.8 Å². The van der Waals surface area contributed by atoms with Crippen LogP contribution in [0, 0.1) is 0 Å². The summed E-state index contributed by atoms with van der Waals surface area (Å²) < 4.78 is 31.5. The monoisotopic (exact) mass is 347 g/mol. The van der Waals surface area contributed by atoms with Gasteiger partial charge >= 0.3 is 0 Å². The van der Waals surface area contributed by atoms with Crippen LogP contribution >= 0.6 is 0 Å². The molecule has 2 aromatic rings. The van der Waals surface area contributed by atoms with Gasteiger partial charge in [0.15, 0.2) is 0 Å². The molecule has 0 spiro atoms. The average Bonchev–Trinajstić information content (AvgIpc) is 3.14. The third-order valence-corrected chi connectivity index (χ3v) is 5.64. The Bertz CT molecular complexity index is 808. The molecule has 1 fully saturated rings. The van der Waals surface area contributed by atoms with Crippen molar-refractivity contribution in [2.75, 3.05) is 26.2 Å². The number of amides is 1. The number of sulfonamides is 1. The molecule has 1 amide bonds. The van der Waals surface area contributed by atoms with Crippen LogP contribution in [-0.2, 0) is 14.8 Å². The van der Waals surface area contributed by atoms with Crippen molar-refractivity contribution >= 4 is 22.0 Å². The van der Waals surface area contributed by atoms with Gasteiger partial charge in [0.2, 0.25) is 15.9 Å². The van der Waals surface area contributed by atoms with Crippen LogP contribution in [-0.4, -0.2) is 54.7 Å². The van der Waals surface area contributed by atoms with E-state index in [1.165, 1.54) is 35.1 Å². The van der Waals surface area contributed by atoms with E-state index < -0.39 is 10.0 Å². The minimum Gasteiger partial charge on any atom is -0.465 e. The molecule has 24 heavy (non-hydrogen) atoms. The van der Waals surface area contributed by atoms with Crippen molar-refractivity contribution < 1.29 is 17.6 Å². The van der Waals surface area contributed by atoms with E-state index in [9.17, 15) is 13.2 Å². The summed E-state index contributed by atoms with van der Waals surface area (Å²) in [6.07, 6.45) is 7.43. The molecule has 1 saturated heterocycles. The predicted octanol–water partition coefficient (Wildman–Crippen LogP) is 1.22. The second-order valence-corrected chi connectivity index (χ2v) is 7.20. The highest BCUT2D eigenvalue weighted by Gasteiger charge is 2.29. The van der Waals surface area contributed by atoms with E-state index in [1.54, 1.807) is 29.2 Å². The smallest absolute Gasteiger partial charge is 0.246 e. The summed E-state index contributed by atoms with van der Waals surface area (Å²) in [5.41, 5.74) is 0. The molecule has 126 valence electrons. The Morgan fingerprint density at radius 2 is 1.96 bits per heavy atom. The number of piperazine rings is 1. The second kappa shape index (κ2) is 6.98. The topological polar surface area (TPSA) is 83.7 Å². The molecule has 0 bridgehead atoms. The molecule has 3 heterocycles. The fraction of sp³-hybridized carbons (Fsp3) is 0.250. The molecular weight excluding hydrogens is 330 g/mol. The highest BCUT2D eigenvalue weighted by Crippen LogP contribution is 2.16. The molecule has 0 unspecified atom stereocenters. The Hall–Kier alpha value is -2.45. The SMILES string of the molecule is O=C(/C=C/c1ccco1)N1CCN(S(=O)(=O)c2cccnc2)CC1. The lowest BCUT2D eigenvalue weighted by atomic mass is 10.3. The molecule has 0 N–H and O–H groups in total. The lowest BCUT2D eigenvalue weighted by Crippen LogP contribution is -2.50. The summed E-state index contributed by atoms with van der Waals surface area (Å²) in [5, 5.41) is 0. The molecule has 0 radical (unpaired) electrons. The van der Waals surface area contributed by atoms with Gasteiger partial charge in [-0.05, 0) is 30.3 Å². The number of hydrogen-bond donors (Lipinski definition) is 0. The lowest BCUT2D eigenvalue weighted by molar-refractivity contribution is -0.127. The molecule has 3 rings (SSSR count). The maximum Gasteiger partial charge on any atom is 0.246 e. The Morgan fingerprint density at radius 1 is 1.17 bits per heavy atom. The number of nitrogens with zero attached hydrogens (tertiary/aromatic N) is 3. The Morgan fingerprint density at radius 3 is 2.58 bits per heavy atom. The molecule has 2 aromatic heterocycles. The number of aromatic nitrogens is 1. The van der Waals surface area contributed by atoms with Gasteiger partial charge in [-0.25, -0.2) is 8.42 Å². The number of pyridine rings is 1. The van der Waals surface area contributed by atoms with E-state index in [-0.39, 0.29) is 23.9 Å². The molecular formula is C16H17N3O4S. The van der Waals surface area contributed by atoms with E-state index in [2.05, 4.69) is 4.98 Å². The summed E-state index contributed by atoms with van der Waals surface area (Å²) >= 11 is 0. The van der Waals surface area contributed by atoms with Crippen molar-refractivity contribution in [3.63, 3.8) is 0 Å². The van der Waals surface area contributed by atoms with Crippen LogP contribution in [0.2, 0.25) is 0 Å². The summed E-state index contributed by atoms with van der Waals surface area (Å²) in [5.74, 6) is 0.436. The zero-order valence-corrected chi connectivity index (χ0v) is 13.7. The number of furan rings is 1. The van der Waals surface area contributed by atoms with Gasteiger partial charge in [0.25, 0.3) is 0 Å². The molecule has 0 aromatic carbocycles. The Kier molecular flexibility index (Phi) is 4.77. The van der Waals surface area contributed by atoms with Crippen LogP contribution in [0.4, 0.5) is 0 Å². The summed E-state index contributed by atoms with van der Waals surface area (Å²) in [6, 6.07) is 6.60. The van der Waals surface area contributed by atoms with E-state index >= 15 is 0 Å². The molecule has 1 aliphatic rings. The molecule has 7 nitrogen and oxygen atoms in total. The van der Waals surface area contributed by atoms with Gasteiger partial charge in [-0.2, -0.15) is 4.31 Å². The maximum absolute atomic E-state index is 12.5. The fourth-order valence-electron chi connectivity index (χ4n) is 2.44. The van der Waals surface area contributed by atoms with Gasteiger partial charge in [0.05, 0.1) is 6.26 Å². The number of carbonyl (C=O) groups excluding carboxylic acids is 1. The van der Waals surface area contributed by atoms with Gasteiger partial charge < -0.3 is 9.32 Å². The largest absolute Gasteiger partial charge is 0.465 e. The Labute approximate surface area is 140 Å². The minimum atomic E-state index is -3.56. The first kappa shape index (κ1) is 16.4. The van der Waals surface area contributed by atoms with Crippen molar-refractivity contribution in [2.45, 2.75) is 4.90 Å². The van der Waals surface area contributed by atoms with Crippen LogP contribution in [0.15, 0.2) is 58.3 Å². The minimum absolute atomic E-state index is 0.162. The zero-order valence-electron chi connectivity index (χ0n) is 12.9. The second-order valence-electron chi connectivity index (χ2n) is 5.27. The van der Waals surface area contributed by atoms with Gasteiger partial charge in [0, 0.05) is 44.6 Å². The number of hydrogen-bond acceptors (Lipinski definition) is 5. The normalized spacial score (nSPS) is 16.6. The lowest BCUT2D eigenvalue weighted by Gasteiger charge is -2.33. The van der Waals surface area contributed by atoms with Gasteiger partial charge in [0.1, 0.15) is 10.7 Å². The fourth-order valence-corrected chi connectivity index (χ4v) is 3.83. The van der Waals surface area contributed by atoms with E-state index in [0.717, 1.165) is 0 Å². The summed E-state index contributed by atoms with van der Waals surface area (Å²) in [7, 11) is -3.56. The van der Waals surface area contributed by atoms with Crippen molar-refractivity contribution in [1.29, 1.82) is 0 Å². The van der Waals surface area contributed by atoms with Crippen LogP contribution in [0.3, 0.4) is 0 Å². The predicted molar refractivity (Wildman–Crippen MR) is 87.3 cm³/mol. The number of rotatable bonds is 4. The highest BCUT2D eigenvalue weighted by atomic mass is 32.2. The first-order valence-electron chi connectivity index (χ1n) is 7.48. The Balaban J connectivity index is 1.60. The van der Waals surface area contributed by atoms with Crippen LogP contribution in [0.25, 0.3) is 6.08 Å². The summed E-state index contributed by atoms with van der Waals surface area (Å²) in [6.45, 7) is 1.22. The van der Waals surface area contributed by atoms with E-state index in [0.29, 0.717) is 18.8 Å². The van der Waals surface area contributed by atoms with Crippen molar-refractivity contribution in [1.82, 2.24) is 14.2 Å². The highest BCUT2D eigenvalue weighted by molar-refractivity contribution is 7.89. The quantitative estimate of drug-likeness (QED) is 0.777. The number of carbonyl (C=O) groups is 1. The average molecular weight is 347 g/mol. The van der Waals surface area contributed by atoms with Gasteiger partial charge in [-0.1, -0.05) is 0 Å². The zero-order chi connectivity index (χ0) is 17.0. The maximum atomic E-state index is 12.5. The molecule has 0 aliphatic carbocycles. The van der Waals surface area contributed by atoms with Crippen molar-refractivity contribution in [2.24, 2.45) is 0 Å². The van der Waals surface area contributed by atoms with E-state index in [4.69, 9.17) is 4.42 Å². The van der Waals surface area contributed by atoms with Crippen molar-refractivity contribution in [3.8, 4) is 0 Å². The van der Waals surface area contributed by atoms with Crippen LogP contribution in [0.1, 0.15) is 5.76 Å². The molecule has 0 atom stereocenters. The third-order valence-electron chi connectivity index (χ3n) is 3.76.